The Kier molecular flexibility index (Phi) is 4.52. The van der Waals surface area contributed by atoms with Crippen LogP contribution in [0.1, 0.15) is 18.4 Å². The molecule has 1 heterocycles. The number of morpholine rings is 1. The maximum Gasteiger partial charge on any atom is 0.303 e. The highest BCUT2D eigenvalue weighted by molar-refractivity contribution is 5.94. The maximum atomic E-state index is 11.7. The van der Waals surface area contributed by atoms with Crippen LogP contribution >= 0.6 is 0 Å². The van der Waals surface area contributed by atoms with Crippen LogP contribution in [0.3, 0.4) is 0 Å². The lowest BCUT2D eigenvalue weighted by atomic mass is 10.1. The number of aryl methyl sites for hydroxylation is 1. The van der Waals surface area contributed by atoms with Crippen LogP contribution in [0.2, 0.25) is 0 Å². The highest BCUT2D eigenvalue weighted by Gasteiger charge is 2.19. The molecule has 0 saturated carbocycles. The number of carbonyl (C=O) groups excluding carboxylic acids is 1. The topological polar surface area (TPSA) is 66.8 Å². The number of amides is 1. The van der Waals surface area contributed by atoms with Gasteiger partial charge in [0.05, 0.1) is 6.61 Å². The molecule has 1 aromatic carbocycles. The first-order valence-electron chi connectivity index (χ1n) is 6.35. The third kappa shape index (κ3) is 3.79. The van der Waals surface area contributed by atoms with E-state index in [-0.39, 0.29) is 18.9 Å². The lowest BCUT2D eigenvalue weighted by molar-refractivity contribution is -0.137. The van der Waals surface area contributed by atoms with Crippen molar-refractivity contribution in [3.05, 3.63) is 29.8 Å². The van der Waals surface area contributed by atoms with Crippen LogP contribution in [-0.4, -0.2) is 36.7 Å². The van der Waals surface area contributed by atoms with Gasteiger partial charge < -0.3 is 14.7 Å². The number of carboxylic acid groups (broad SMARTS) is 1. The smallest absolute Gasteiger partial charge is 0.303 e. The van der Waals surface area contributed by atoms with Crippen LogP contribution in [0.25, 0.3) is 0 Å². The molecule has 5 nitrogen and oxygen atoms in total. The number of ether oxygens (including phenoxy) is 1. The van der Waals surface area contributed by atoms with Gasteiger partial charge in [0.2, 0.25) is 0 Å². The van der Waals surface area contributed by atoms with E-state index < -0.39 is 5.97 Å². The van der Waals surface area contributed by atoms with Crippen molar-refractivity contribution in [1.29, 1.82) is 0 Å². The standard InChI is InChI=1S/C14H17NO4/c16-13-10-19-9-8-15(13)12-6-4-11(5-7-12)2-1-3-14(17)18/h4-7H,1-3,8-10H2,(H,17,18). The minimum absolute atomic E-state index is 0.0233. The molecule has 1 fully saturated rings. The van der Waals surface area contributed by atoms with Crippen LogP contribution in [0.15, 0.2) is 24.3 Å². The van der Waals surface area contributed by atoms with Crippen LogP contribution < -0.4 is 4.90 Å². The van der Waals surface area contributed by atoms with Crippen LogP contribution in [-0.2, 0) is 20.7 Å². The molecule has 5 heteroatoms. The molecule has 0 spiro atoms. The molecule has 0 radical (unpaired) electrons. The second kappa shape index (κ2) is 6.33. The van der Waals surface area contributed by atoms with Gasteiger partial charge in [-0.2, -0.15) is 0 Å². The number of benzene rings is 1. The van der Waals surface area contributed by atoms with E-state index in [4.69, 9.17) is 9.84 Å². The molecule has 0 unspecified atom stereocenters. The minimum atomic E-state index is -0.768. The van der Waals surface area contributed by atoms with E-state index in [2.05, 4.69) is 0 Å². The molecule has 1 saturated heterocycles. The minimum Gasteiger partial charge on any atom is -0.481 e. The first-order valence-corrected chi connectivity index (χ1v) is 6.35. The Hall–Kier alpha value is -1.88. The predicted molar refractivity (Wildman–Crippen MR) is 70.2 cm³/mol. The maximum absolute atomic E-state index is 11.7. The molecule has 1 N–H and O–H groups in total. The number of hydrogen-bond donors (Lipinski definition) is 1. The molecule has 1 aliphatic rings. The quantitative estimate of drug-likeness (QED) is 0.873. The lowest BCUT2D eigenvalue weighted by Gasteiger charge is -2.26. The SMILES string of the molecule is O=C(O)CCCc1ccc(N2CCOCC2=O)cc1. The Labute approximate surface area is 111 Å². The van der Waals surface area contributed by atoms with Gasteiger partial charge in [-0.05, 0) is 30.5 Å². The summed E-state index contributed by atoms with van der Waals surface area (Å²) in [4.78, 5) is 23.8. The zero-order valence-electron chi connectivity index (χ0n) is 10.7. The van der Waals surface area contributed by atoms with E-state index >= 15 is 0 Å². The van der Waals surface area contributed by atoms with Crippen LogP contribution in [0.4, 0.5) is 5.69 Å². The molecule has 0 atom stereocenters. The van der Waals surface area contributed by atoms with Crippen LogP contribution in [0, 0.1) is 0 Å². The van der Waals surface area contributed by atoms with Crippen molar-refractivity contribution in [3.63, 3.8) is 0 Å². The number of carboxylic acids is 1. The summed E-state index contributed by atoms with van der Waals surface area (Å²) in [7, 11) is 0. The number of carbonyl (C=O) groups is 2. The highest BCUT2D eigenvalue weighted by atomic mass is 16.5. The summed E-state index contributed by atoms with van der Waals surface area (Å²) in [6, 6.07) is 7.69. The monoisotopic (exact) mass is 263 g/mol. The Bertz CT molecular complexity index is 455. The largest absolute Gasteiger partial charge is 0.481 e. The molecule has 1 amide bonds. The van der Waals surface area contributed by atoms with Crippen molar-refractivity contribution in [1.82, 2.24) is 0 Å². The van der Waals surface area contributed by atoms with Gasteiger partial charge in [0.1, 0.15) is 6.61 Å². The van der Waals surface area contributed by atoms with E-state index in [1.807, 2.05) is 24.3 Å². The van der Waals surface area contributed by atoms with Crippen molar-refractivity contribution in [3.8, 4) is 0 Å². The lowest BCUT2D eigenvalue weighted by Crippen LogP contribution is -2.41. The van der Waals surface area contributed by atoms with Gasteiger partial charge in [-0.15, -0.1) is 0 Å². The number of nitrogens with zero attached hydrogens (tertiary/aromatic N) is 1. The normalized spacial score (nSPS) is 15.6. The number of anilines is 1. The summed E-state index contributed by atoms with van der Waals surface area (Å²) in [6.45, 7) is 1.28. The van der Waals surface area contributed by atoms with Gasteiger partial charge in [-0.3, -0.25) is 9.59 Å². The van der Waals surface area contributed by atoms with Gasteiger partial charge in [0.15, 0.2) is 0 Å². The number of aliphatic carboxylic acids is 1. The molecule has 0 aliphatic carbocycles. The molecule has 19 heavy (non-hydrogen) atoms. The molecule has 0 aromatic heterocycles. The van der Waals surface area contributed by atoms with E-state index in [0.29, 0.717) is 19.6 Å². The molecular formula is C14H17NO4. The fourth-order valence-corrected chi connectivity index (χ4v) is 2.08. The third-order valence-corrected chi connectivity index (χ3v) is 3.09. The van der Waals surface area contributed by atoms with E-state index in [1.54, 1.807) is 4.90 Å². The molecule has 1 aromatic rings. The van der Waals surface area contributed by atoms with Crippen molar-refractivity contribution in [2.75, 3.05) is 24.7 Å². The summed E-state index contributed by atoms with van der Waals surface area (Å²) < 4.78 is 5.09. The first-order chi connectivity index (χ1) is 9.16. The van der Waals surface area contributed by atoms with E-state index in [1.165, 1.54) is 0 Å². The Balaban J connectivity index is 1.94. The van der Waals surface area contributed by atoms with Crippen molar-refractivity contribution >= 4 is 17.6 Å². The molecule has 2 rings (SSSR count). The average Bonchev–Trinajstić information content (AvgIpc) is 2.40. The van der Waals surface area contributed by atoms with Gasteiger partial charge in [-0.1, -0.05) is 12.1 Å². The number of hydrogen-bond acceptors (Lipinski definition) is 3. The molecule has 1 aliphatic heterocycles. The molecule has 102 valence electrons. The van der Waals surface area contributed by atoms with Gasteiger partial charge >= 0.3 is 5.97 Å². The second-order valence-corrected chi connectivity index (χ2v) is 4.51. The Morgan fingerprint density at radius 2 is 2.05 bits per heavy atom. The Morgan fingerprint density at radius 3 is 2.68 bits per heavy atom. The van der Waals surface area contributed by atoms with Gasteiger partial charge in [0.25, 0.3) is 5.91 Å². The summed E-state index contributed by atoms with van der Waals surface area (Å²) in [6.07, 6.45) is 1.55. The summed E-state index contributed by atoms with van der Waals surface area (Å²) in [5.41, 5.74) is 1.96. The fourth-order valence-electron chi connectivity index (χ4n) is 2.08. The highest BCUT2D eigenvalue weighted by Crippen LogP contribution is 2.18. The summed E-state index contributed by atoms with van der Waals surface area (Å²) in [5, 5.41) is 8.58. The molecule has 0 bridgehead atoms. The number of rotatable bonds is 5. The zero-order chi connectivity index (χ0) is 13.7. The van der Waals surface area contributed by atoms with Gasteiger partial charge in [0, 0.05) is 18.7 Å². The average molecular weight is 263 g/mol. The summed E-state index contributed by atoms with van der Waals surface area (Å²) in [5.74, 6) is -0.791. The van der Waals surface area contributed by atoms with Crippen molar-refractivity contribution in [2.45, 2.75) is 19.3 Å². The molecular weight excluding hydrogens is 246 g/mol. The van der Waals surface area contributed by atoms with E-state index in [0.717, 1.165) is 17.7 Å². The fraction of sp³-hybridized carbons (Fsp3) is 0.429. The van der Waals surface area contributed by atoms with Crippen LogP contribution in [0.5, 0.6) is 0 Å². The van der Waals surface area contributed by atoms with Crippen molar-refractivity contribution < 1.29 is 19.4 Å². The van der Waals surface area contributed by atoms with Gasteiger partial charge in [-0.25, -0.2) is 0 Å². The first kappa shape index (κ1) is 13.5. The predicted octanol–water partition coefficient (Wildman–Crippen LogP) is 1.46. The Morgan fingerprint density at radius 1 is 1.32 bits per heavy atom. The third-order valence-electron chi connectivity index (χ3n) is 3.09. The van der Waals surface area contributed by atoms with E-state index in [9.17, 15) is 9.59 Å². The summed E-state index contributed by atoms with van der Waals surface area (Å²) >= 11 is 0. The second-order valence-electron chi connectivity index (χ2n) is 4.51. The van der Waals surface area contributed by atoms with Crippen molar-refractivity contribution in [2.24, 2.45) is 0 Å². The zero-order valence-corrected chi connectivity index (χ0v) is 10.7.